The van der Waals surface area contributed by atoms with E-state index in [1.807, 2.05) is 0 Å². The third-order valence-corrected chi connectivity index (χ3v) is 4.01. The van der Waals surface area contributed by atoms with Crippen LogP contribution in [0.15, 0.2) is 30.3 Å². The van der Waals surface area contributed by atoms with Gasteiger partial charge < -0.3 is 10.6 Å². The Kier molecular flexibility index (Phi) is 6.37. The molecule has 2 N–H and O–H groups in total. The Bertz CT molecular complexity index is 323. The highest BCUT2D eigenvalue weighted by molar-refractivity contribution is 5.20. The second-order valence-corrected chi connectivity index (χ2v) is 5.46. The number of rotatable bonds is 7. The van der Waals surface area contributed by atoms with Gasteiger partial charge in [0.2, 0.25) is 0 Å². The molecule has 1 aromatic carbocycles. The standard InChI is InChI=1S/C16H28N2/c1-5-13(2)12-18(4)16(11-17)14(3)15-9-7-6-8-10-15/h6-10,13-14,16H,5,11-12,17H2,1-4H3. The largest absolute Gasteiger partial charge is 0.329 e. The Labute approximate surface area is 112 Å². The monoisotopic (exact) mass is 248 g/mol. The third kappa shape index (κ3) is 4.11. The number of hydrogen-bond donors (Lipinski definition) is 1. The summed E-state index contributed by atoms with van der Waals surface area (Å²) in [5.74, 6) is 1.21. The quantitative estimate of drug-likeness (QED) is 0.803. The number of hydrogen-bond acceptors (Lipinski definition) is 2. The molecule has 1 aromatic rings. The van der Waals surface area contributed by atoms with Gasteiger partial charge in [0.15, 0.2) is 0 Å². The van der Waals surface area contributed by atoms with Crippen molar-refractivity contribution in [3.63, 3.8) is 0 Å². The molecule has 0 aliphatic heterocycles. The second kappa shape index (κ2) is 7.55. The van der Waals surface area contributed by atoms with Gasteiger partial charge in [0.25, 0.3) is 0 Å². The Morgan fingerprint density at radius 1 is 1.17 bits per heavy atom. The first kappa shape index (κ1) is 15.2. The Morgan fingerprint density at radius 2 is 1.78 bits per heavy atom. The van der Waals surface area contributed by atoms with Crippen LogP contribution in [0.4, 0.5) is 0 Å². The van der Waals surface area contributed by atoms with E-state index in [1.165, 1.54) is 12.0 Å². The molecular weight excluding hydrogens is 220 g/mol. The zero-order chi connectivity index (χ0) is 13.5. The average Bonchev–Trinajstić information content (AvgIpc) is 2.40. The smallest absolute Gasteiger partial charge is 0.0281 e. The molecule has 0 aliphatic carbocycles. The van der Waals surface area contributed by atoms with Gasteiger partial charge >= 0.3 is 0 Å². The minimum Gasteiger partial charge on any atom is -0.329 e. The van der Waals surface area contributed by atoms with Crippen molar-refractivity contribution < 1.29 is 0 Å². The summed E-state index contributed by atoms with van der Waals surface area (Å²) < 4.78 is 0. The van der Waals surface area contributed by atoms with E-state index < -0.39 is 0 Å². The van der Waals surface area contributed by atoms with E-state index >= 15 is 0 Å². The molecule has 0 saturated carbocycles. The molecular formula is C16H28N2. The van der Waals surface area contributed by atoms with Crippen molar-refractivity contribution in [2.75, 3.05) is 20.1 Å². The van der Waals surface area contributed by atoms with Crippen LogP contribution in [0.3, 0.4) is 0 Å². The van der Waals surface area contributed by atoms with Gasteiger partial charge in [0, 0.05) is 19.1 Å². The molecule has 0 spiro atoms. The van der Waals surface area contributed by atoms with E-state index in [2.05, 4.69) is 63.1 Å². The van der Waals surface area contributed by atoms with Crippen molar-refractivity contribution >= 4 is 0 Å². The van der Waals surface area contributed by atoms with Gasteiger partial charge in [-0.1, -0.05) is 57.5 Å². The first-order chi connectivity index (χ1) is 8.60. The van der Waals surface area contributed by atoms with E-state index in [9.17, 15) is 0 Å². The lowest BCUT2D eigenvalue weighted by atomic mass is 9.92. The molecule has 102 valence electrons. The lowest BCUT2D eigenvalue weighted by Gasteiger charge is -2.33. The first-order valence-corrected chi connectivity index (χ1v) is 7.05. The van der Waals surface area contributed by atoms with Crippen LogP contribution in [0.1, 0.15) is 38.7 Å². The summed E-state index contributed by atoms with van der Waals surface area (Å²) in [6.07, 6.45) is 1.22. The minimum absolute atomic E-state index is 0.418. The van der Waals surface area contributed by atoms with Gasteiger partial charge in [-0.2, -0.15) is 0 Å². The lowest BCUT2D eigenvalue weighted by Crippen LogP contribution is -2.43. The summed E-state index contributed by atoms with van der Waals surface area (Å²) in [6, 6.07) is 11.1. The first-order valence-electron chi connectivity index (χ1n) is 7.05. The molecule has 1 rings (SSSR count). The van der Waals surface area contributed by atoms with Gasteiger partial charge in [-0.15, -0.1) is 0 Å². The van der Waals surface area contributed by atoms with Gasteiger partial charge in [-0.25, -0.2) is 0 Å². The topological polar surface area (TPSA) is 29.3 Å². The molecule has 2 heteroatoms. The predicted octanol–water partition coefficient (Wildman–Crippen LogP) is 3.10. The van der Waals surface area contributed by atoms with Crippen LogP contribution < -0.4 is 5.73 Å². The van der Waals surface area contributed by atoms with Crippen molar-refractivity contribution in [1.29, 1.82) is 0 Å². The van der Waals surface area contributed by atoms with Crippen LogP contribution in [0, 0.1) is 5.92 Å². The van der Waals surface area contributed by atoms with Crippen molar-refractivity contribution in [1.82, 2.24) is 4.90 Å². The van der Waals surface area contributed by atoms with Crippen molar-refractivity contribution in [3.05, 3.63) is 35.9 Å². The molecule has 0 aromatic heterocycles. The summed E-state index contributed by atoms with van der Waals surface area (Å²) in [7, 11) is 2.20. The lowest BCUT2D eigenvalue weighted by molar-refractivity contribution is 0.192. The van der Waals surface area contributed by atoms with Crippen LogP contribution in [-0.4, -0.2) is 31.1 Å². The molecule has 0 saturated heterocycles. The van der Waals surface area contributed by atoms with E-state index in [1.54, 1.807) is 0 Å². The van der Waals surface area contributed by atoms with E-state index in [4.69, 9.17) is 5.73 Å². The highest BCUT2D eigenvalue weighted by atomic mass is 15.1. The second-order valence-electron chi connectivity index (χ2n) is 5.46. The highest BCUT2D eigenvalue weighted by Gasteiger charge is 2.22. The number of nitrogens with zero attached hydrogens (tertiary/aromatic N) is 1. The Hall–Kier alpha value is -0.860. The zero-order valence-electron chi connectivity index (χ0n) is 12.3. The maximum atomic E-state index is 5.99. The molecule has 3 unspecified atom stereocenters. The van der Waals surface area contributed by atoms with Crippen molar-refractivity contribution in [2.24, 2.45) is 11.7 Å². The highest BCUT2D eigenvalue weighted by Crippen LogP contribution is 2.22. The van der Waals surface area contributed by atoms with Crippen LogP contribution in [0.5, 0.6) is 0 Å². The number of benzene rings is 1. The van der Waals surface area contributed by atoms with Crippen molar-refractivity contribution in [2.45, 2.75) is 39.2 Å². The Balaban J connectivity index is 2.70. The predicted molar refractivity (Wildman–Crippen MR) is 79.8 cm³/mol. The maximum Gasteiger partial charge on any atom is 0.0281 e. The van der Waals surface area contributed by atoms with Crippen LogP contribution in [0.25, 0.3) is 0 Å². The summed E-state index contributed by atoms with van der Waals surface area (Å²) in [4.78, 5) is 2.42. The molecule has 0 amide bonds. The molecule has 3 atom stereocenters. The molecule has 18 heavy (non-hydrogen) atoms. The van der Waals surface area contributed by atoms with E-state index in [0.29, 0.717) is 18.5 Å². The molecule has 0 bridgehead atoms. The summed E-state index contributed by atoms with van der Waals surface area (Å²) in [6.45, 7) is 8.66. The van der Waals surface area contributed by atoms with Gasteiger partial charge in [0.1, 0.15) is 0 Å². The van der Waals surface area contributed by atoms with Crippen LogP contribution in [-0.2, 0) is 0 Å². The van der Waals surface area contributed by atoms with Crippen molar-refractivity contribution in [3.8, 4) is 0 Å². The van der Waals surface area contributed by atoms with Crippen LogP contribution >= 0.6 is 0 Å². The summed E-state index contributed by atoms with van der Waals surface area (Å²) >= 11 is 0. The zero-order valence-corrected chi connectivity index (χ0v) is 12.3. The fourth-order valence-electron chi connectivity index (χ4n) is 2.50. The van der Waals surface area contributed by atoms with Crippen LogP contribution in [0.2, 0.25) is 0 Å². The maximum absolute atomic E-state index is 5.99. The van der Waals surface area contributed by atoms with Gasteiger partial charge in [0.05, 0.1) is 0 Å². The SMILES string of the molecule is CCC(C)CN(C)C(CN)C(C)c1ccccc1. The molecule has 0 heterocycles. The Morgan fingerprint density at radius 3 is 2.28 bits per heavy atom. The minimum atomic E-state index is 0.418. The summed E-state index contributed by atoms with van der Waals surface area (Å²) in [5, 5.41) is 0. The van der Waals surface area contributed by atoms with Gasteiger partial charge in [-0.05, 0) is 24.4 Å². The fraction of sp³-hybridized carbons (Fsp3) is 0.625. The number of likely N-dealkylation sites (N-methyl/N-ethyl adjacent to an activating group) is 1. The average molecular weight is 248 g/mol. The molecule has 0 radical (unpaired) electrons. The molecule has 0 fully saturated rings. The van der Waals surface area contributed by atoms with E-state index in [-0.39, 0.29) is 0 Å². The summed E-state index contributed by atoms with van der Waals surface area (Å²) in [5.41, 5.74) is 7.37. The van der Waals surface area contributed by atoms with Gasteiger partial charge in [-0.3, -0.25) is 0 Å². The molecule has 2 nitrogen and oxygen atoms in total. The fourth-order valence-corrected chi connectivity index (χ4v) is 2.50. The molecule has 0 aliphatic rings. The number of nitrogens with two attached hydrogens (primary N) is 1. The normalized spacial score (nSPS) is 16.6. The van der Waals surface area contributed by atoms with E-state index in [0.717, 1.165) is 12.5 Å². The third-order valence-electron chi connectivity index (χ3n) is 4.01.